The van der Waals surface area contributed by atoms with E-state index < -0.39 is 6.04 Å². The molecule has 1 aliphatic rings. The number of pyridine rings is 1. The molecule has 1 amide bonds. The number of carbonyl (C=O) groups is 1. The summed E-state index contributed by atoms with van der Waals surface area (Å²) in [5.74, 6) is 0.0273. The van der Waals surface area contributed by atoms with Crippen molar-refractivity contribution in [2.45, 2.75) is 24.8 Å². The van der Waals surface area contributed by atoms with Gasteiger partial charge < -0.3 is 10.6 Å². The zero-order chi connectivity index (χ0) is 17.6. The summed E-state index contributed by atoms with van der Waals surface area (Å²) in [6.07, 6.45) is 5.08. The van der Waals surface area contributed by atoms with E-state index in [0.29, 0.717) is 13.1 Å². The molecule has 0 radical (unpaired) electrons. The van der Waals surface area contributed by atoms with Crippen LogP contribution in [-0.2, 0) is 4.79 Å². The van der Waals surface area contributed by atoms with Gasteiger partial charge in [0, 0.05) is 25.5 Å². The number of amides is 1. The first kappa shape index (κ1) is 17.1. The highest BCUT2D eigenvalue weighted by atomic mass is 16.2. The molecule has 1 aromatic carbocycles. The summed E-state index contributed by atoms with van der Waals surface area (Å²) in [5.41, 5.74) is 7.92. The highest BCUT2D eigenvalue weighted by Gasteiger charge is 2.31. The Balaban J connectivity index is 1.62. The van der Waals surface area contributed by atoms with Gasteiger partial charge in [0.15, 0.2) is 0 Å². The number of nitrogens with zero attached hydrogens (tertiary/aromatic N) is 3. The van der Waals surface area contributed by atoms with Crippen LogP contribution in [0.5, 0.6) is 0 Å². The van der Waals surface area contributed by atoms with Gasteiger partial charge in [0.25, 0.3) is 0 Å². The summed E-state index contributed by atoms with van der Waals surface area (Å²) < 4.78 is 0. The van der Waals surface area contributed by atoms with Crippen molar-refractivity contribution in [3.8, 4) is 6.07 Å². The van der Waals surface area contributed by atoms with E-state index in [1.165, 1.54) is 0 Å². The number of carbonyl (C=O) groups excluding carboxylic acids is 1. The molecule has 2 aromatic rings. The van der Waals surface area contributed by atoms with Gasteiger partial charge in [-0.2, -0.15) is 5.26 Å². The number of nitriles is 1. The largest absolute Gasteiger partial charge is 0.341 e. The average Bonchev–Trinajstić information content (AvgIpc) is 2.69. The Labute approximate surface area is 148 Å². The first-order valence-electron chi connectivity index (χ1n) is 8.59. The smallest absolute Gasteiger partial charge is 0.244 e. The SMILES string of the molecule is N#CC(c1cccnc1)C1CCN(C(=O)[C@H](N)c2ccccc2)CC1. The van der Waals surface area contributed by atoms with Crippen LogP contribution in [0.4, 0.5) is 0 Å². The molecule has 1 aliphatic heterocycles. The number of likely N-dealkylation sites (tertiary alicyclic amines) is 1. The predicted octanol–water partition coefficient (Wildman–Crippen LogP) is 2.63. The zero-order valence-corrected chi connectivity index (χ0v) is 14.1. The Morgan fingerprint density at radius 2 is 1.84 bits per heavy atom. The monoisotopic (exact) mass is 334 g/mol. The molecular formula is C20H22N4O. The lowest BCUT2D eigenvalue weighted by Crippen LogP contribution is -2.44. The van der Waals surface area contributed by atoms with Gasteiger partial charge in [-0.25, -0.2) is 0 Å². The Kier molecular flexibility index (Phi) is 5.42. The van der Waals surface area contributed by atoms with E-state index in [1.54, 1.807) is 12.4 Å². The summed E-state index contributed by atoms with van der Waals surface area (Å²) in [5, 5.41) is 9.57. The molecule has 0 saturated carbocycles. The Morgan fingerprint density at radius 1 is 1.16 bits per heavy atom. The summed E-state index contributed by atoms with van der Waals surface area (Å²) in [6.45, 7) is 1.28. The summed E-state index contributed by atoms with van der Waals surface area (Å²) in [7, 11) is 0. The fourth-order valence-corrected chi connectivity index (χ4v) is 3.46. The standard InChI is InChI=1S/C20H22N4O/c21-13-18(17-7-4-10-23-14-17)15-8-11-24(12-9-15)20(25)19(22)16-5-2-1-3-6-16/h1-7,10,14-15,18-19H,8-9,11-12,22H2/t18?,19-/m1/s1. The van der Waals surface area contributed by atoms with Crippen molar-refractivity contribution in [2.24, 2.45) is 11.7 Å². The third kappa shape index (κ3) is 3.86. The van der Waals surface area contributed by atoms with E-state index in [-0.39, 0.29) is 17.7 Å². The molecule has 2 atom stereocenters. The highest BCUT2D eigenvalue weighted by Crippen LogP contribution is 2.32. The maximum atomic E-state index is 12.6. The van der Waals surface area contributed by atoms with E-state index in [9.17, 15) is 10.1 Å². The molecule has 1 fully saturated rings. The molecule has 5 nitrogen and oxygen atoms in total. The van der Waals surface area contributed by atoms with Gasteiger partial charge in [0.1, 0.15) is 6.04 Å². The van der Waals surface area contributed by atoms with Crippen LogP contribution in [0, 0.1) is 17.2 Å². The van der Waals surface area contributed by atoms with E-state index in [0.717, 1.165) is 24.0 Å². The van der Waals surface area contributed by atoms with Gasteiger partial charge in [-0.1, -0.05) is 36.4 Å². The molecule has 1 aromatic heterocycles. The fourth-order valence-electron chi connectivity index (χ4n) is 3.46. The van der Waals surface area contributed by atoms with Crippen LogP contribution in [0.2, 0.25) is 0 Å². The van der Waals surface area contributed by atoms with Crippen molar-refractivity contribution >= 4 is 5.91 Å². The van der Waals surface area contributed by atoms with Gasteiger partial charge in [-0.3, -0.25) is 9.78 Å². The first-order valence-corrected chi connectivity index (χ1v) is 8.59. The first-order chi connectivity index (χ1) is 12.2. The van der Waals surface area contributed by atoms with Crippen molar-refractivity contribution in [1.29, 1.82) is 5.26 Å². The van der Waals surface area contributed by atoms with Crippen LogP contribution in [0.15, 0.2) is 54.9 Å². The number of aromatic nitrogens is 1. The van der Waals surface area contributed by atoms with E-state index in [2.05, 4.69) is 11.1 Å². The summed E-state index contributed by atoms with van der Waals surface area (Å²) >= 11 is 0. The maximum Gasteiger partial charge on any atom is 0.244 e. The molecule has 2 N–H and O–H groups in total. The second-order valence-electron chi connectivity index (χ2n) is 6.44. The third-order valence-corrected chi connectivity index (χ3v) is 4.93. The molecule has 0 bridgehead atoms. The minimum Gasteiger partial charge on any atom is -0.341 e. The van der Waals surface area contributed by atoms with Gasteiger partial charge in [0.2, 0.25) is 5.91 Å². The number of rotatable bonds is 4. The topological polar surface area (TPSA) is 83.0 Å². The quantitative estimate of drug-likeness (QED) is 0.931. The molecule has 128 valence electrons. The average molecular weight is 334 g/mol. The van der Waals surface area contributed by atoms with Gasteiger partial charge in [0.05, 0.1) is 12.0 Å². The van der Waals surface area contributed by atoms with E-state index in [1.807, 2.05) is 47.4 Å². The number of hydrogen-bond donors (Lipinski definition) is 1. The predicted molar refractivity (Wildman–Crippen MR) is 95.3 cm³/mol. The molecule has 1 unspecified atom stereocenters. The third-order valence-electron chi connectivity index (χ3n) is 4.93. The van der Waals surface area contributed by atoms with E-state index >= 15 is 0 Å². The summed E-state index contributed by atoms with van der Waals surface area (Å²) in [6, 6.07) is 15.0. The Morgan fingerprint density at radius 3 is 2.44 bits per heavy atom. The molecule has 0 aliphatic carbocycles. The molecule has 1 saturated heterocycles. The fraction of sp³-hybridized carbons (Fsp3) is 0.350. The number of benzene rings is 1. The number of hydrogen-bond acceptors (Lipinski definition) is 4. The molecule has 3 rings (SSSR count). The van der Waals surface area contributed by atoms with Crippen LogP contribution in [0.25, 0.3) is 0 Å². The minimum atomic E-state index is -0.622. The van der Waals surface area contributed by atoms with Crippen molar-refractivity contribution in [3.63, 3.8) is 0 Å². The molecule has 0 spiro atoms. The molecular weight excluding hydrogens is 312 g/mol. The van der Waals surface area contributed by atoms with Crippen molar-refractivity contribution < 1.29 is 4.79 Å². The lowest BCUT2D eigenvalue weighted by Gasteiger charge is -2.35. The van der Waals surface area contributed by atoms with Crippen LogP contribution in [-0.4, -0.2) is 28.9 Å². The highest BCUT2D eigenvalue weighted by molar-refractivity contribution is 5.83. The van der Waals surface area contributed by atoms with Crippen molar-refractivity contribution in [1.82, 2.24) is 9.88 Å². The Bertz CT molecular complexity index is 733. The van der Waals surface area contributed by atoms with Crippen LogP contribution in [0.1, 0.15) is 35.9 Å². The lowest BCUT2D eigenvalue weighted by atomic mass is 9.81. The second-order valence-corrected chi connectivity index (χ2v) is 6.44. The van der Waals surface area contributed by atoms with Crippen molar-refractivity contribution in [3.05, 3.63) is 66.0 Å². The van der Waals surface area contributed by atoms with Crippen LogP contribution >= 0.6 is 0 Å². The number of nitrogens with two attached hydrogens (primary N) is 1. The second kappa shape index (κ2) is 7.91. The van der Waals surface area contributed by atoms with Crippen LogP contribution < -0.4 is 5.73 Å². The summed E-state index contributed by atoms with van der Waals surface area (Å²) in [4.78, 5) is 18.6. The van der Waals surface area contributed by atoms with Crippen LogP contribution in [0.3, 0.4) is 0 Å². The molecule has 2 heterocycles. The lowest BCUT2D eigenvalue weighted by molar-refractivity contribution is -0.134. The van der Waals surface area contributed by atoms with Crippen molar-refractivity contribution in [2.75, 3.05) is 13.1 Å². The van der Waals surface area contributed by atoms with E-state index in [4.69, 9.17) is 5.73 Å². The van der Waals surface area contributed by atoms with Gasteiger partial charge in [-0.05, 0) is 36.0 Å². The number of piperidine rings is 1. The zero-order valence-electron chi connectivity index (χ0n) is 14.1. The molecule has 25 heavy (non-hydrogen) atoms. The maximum absolute atomic E-state index is 12.6. The van der Waals surface area contributed by atoms with Gasteiger partial charge in [-0.15, -0.1) is 0 Å². The normalized spacial score (nSPS) is 17.5. The van der Waals surface area contributed by atoms with Gasteiger partial charge >= 0.3 is 0 Å². The Hall–Kier alpha value is -2.71. The minimum absolute atomic E-state index is 0.0421. The molecule has 5 heteroatoms.